The second kappa shape index (κ2) is 6.76. The molecule has 0 aliphatic rings. The molecule has 1 amide bonds. The third-order valence-corrected chi connectivity index (χ3v) is 2.82. The van der Waals surface area contributed by atoms with Gasteiger partial charge in [-0.25, -0.2) is 0 Å². The lowest BCUT2D eigenvalue weighted by molar-refractivity contribution is -0.254. The summed E-state index contributed by atoms with van der Waals surface area (Å²) in [5.41, 5.74) is -0.0726. The van der Waals surface area contributed by atoms with Crippen molar-refractivity contribution < 1.29 is 19.4 Å². The average molecular weight is 305 g/mol. The number of carbonyl (C=O) groups excluding carboxylic acids is 2. The number of hydrogen-bond acceptors (Lipinski definition) is 4. The summed E-state index contributed by atoms with van der Waals surface area (Å²) in [6.45, 7) is -0.237. The highest BCUT2D eigenvalue weighted by Crippen LogP contribution is 2.20. The van der Waals surface area contributed by atoms with E-state index in [9.17, 15) is 14.7 Å². The minimum Gasteiger partial charge on any atom is -0.545 e. The Labute approximate surface area is 126 Å². The second-order valence-corrected chi connectivity index (χ2v) is 4.56. The molecule has 5 nitrogen and oxygen atoms in total. The number of ether oxygens (including phenoxy) is 1. The van der Waals surface area contributed by atoms with E-state index in [0.717, 1.165) is 0 Å². The summed E-state index contributed by atoms with van der Waals surface area (Å²) in [7, 11) is 0. The van der Waals surface area contributed by atoms with Gasteiger partial charge in [-0.1, -0.05) is 29.8 Å². The molecule has 2 aromatic rings. The quantitative estimate of drug-likeness (QED) is 0.912. The van der Waals surface area contributed by atoms with Gasteiger partial charge < -0.3 is 20.0 Å². The van der Waals surface area contributed by atoms with Crippen LogP contribution in [0.25, 0.3) is 0 Å². The van der Waals surface area contributed by atoms with E-state index in [2.05, 4.69) is 5.32 Å². The maximum absolute atomic E-state index is 11.8. The summed E-state index contributed by atoms with van der Waals surface area (Å²) in [4.78, 5) is 22.7. The third kappa shape index (κ3) is 4.22. The van der Waals surface area contributed by atoms with Crippen molar-refractivity contribution in [2.24, 2.45) is 0 Å². The maximum Gasteiger partial charge on any atom is 0.262 e. The molecule has 0 atom stereocenters. The first kappa shape index (κ1) is 14.9. The molecule has 0 fully saturated rings. The second-order valence-electron chi connectivity index (χ2n) is 4.13. The molecule has 0 unspecified atom stereocenters. The number of carbonyl (C=O) groups is 2. The summed E-state index contributed by atoms with van der Waals surface area (Å²) in [6, 6.07) is 12.9. The van der Waals surface area contributed by atoms with Gasteiger partial charge in [0.1, 0.15) is 5.75 Å². The van der Waals surface area contributed by atoms with Crippen LogP contribution in [0.3, 0.4) is 0 Å². The van der Waals surface area contributed by atoms with E-state index in [1.807, 2.05) is 6.07 Å². The van der Waals surface area contributed by atoms with E-state index in [-0.39, 0.29) is 22.9 Å². The Hall–Kier alpha value is -2.53. The van der Waals surface area contributed by atoms with Crippen LogP contribution in [0, 0.1) is 0 Å². The summed E-state index contributed by atoms with van der Waals surface area (Å²) >= 11 is 5.71. The van der Waals surface area contributed by atoms with E-state index in [1.54, 1.807) is 24.3 Å². The summed E-state index contributed by atoms with van der Waals surface area (Å²) in [5, 5.41) is 13.7. The van der Waals surface area contributed by atoms with Gasteiger partial charge in [-0.3, -0.25) is 4.79 Å². The molecule has 0 aliphatic heterocycles. The Bertz CT molecular complexity index is 658. The molecule has 1 N–H and O–H groups in total. The molecule has 0 saturated heterocycles. The number of carboxylic acids is 1. The summed E-state index contributed by atoms with van der Waals surface area (Å²) in [6.07, 6.45) is 0. The van der Waals surface area contributed by atoms with Crippen LogP contribution in [0.15, 0.2) is 48.5 Å². The van der Waals surface area contributed by atoms with Gasteiger partial charge in [-0.15, -0.1) is 0 Å². The smallest absolute Gasteiger partial charge is 0.262 e. The Morgan fingerprint density at radius 2 is 1.86 bits per heavy atom. The van der Waals surface area contributed by atoms with Crippen molar-refractivity contribution in [2.75, 3.05) is 11.9 Å². The minimum atomic E-state index is -1.42. The Kier molecular flexibility index (Phi) is 4.79. The van der Waals surface area contributed by atoms with Gasteiger partial charge in [-0.2, -0.15) is 0 Å². The van der Waals surface area contributed by atoms with Crippen molar-refractivity contribution in [1.82, 2.24) is 0 Å². The molecule has 0 spiro atoms. The van der Waals surface area contributed by atoms with Crippen LogP contribution in [0.5, 0.6) is 5.75 Å². The molecule has 108 valence electrons. The highest BCUT2D eigenvalue weighted by molar-refractivity contribution is 6.31. The molecule has 2 aromatic carbocycles. The van der Waals surface area contributed by atoms with Gasteiger partial charge in [0.25, 0.3) is 5.91 Å². The standard InChI is InChI=1S/C15H12ClNO4/c16-10-6-7-13(12(8-10)15(19)20)17-14(18)9-21-11-4-2-1-3-5-11/h1-8H,9H2,(H,17,18)(H,19,20)/p-1. The van der Waals surface area contributed by atoms with Crippen LogP contribution in [-0.4, -0.2) is 18.5 Å². The molecule has 0 heterocycles. The number of carboxylic acid groups (broad SMARTS) is 1. The van der Waals surface area contributed by atoms with E-state index < -0.39 is 11.9 Å². The average Bonchev–Trinajstić information content (AvgIpc) is 2.48. The first-order valence-corrected chi connectivity index (χ1v) is 6.42. The predicted octanol–water partition coefficient (Wildman–Crippen LogP) is 1.72. The Morgan fingerprint density at radius 3 is 2.52 bits per heavy atom. The zero-order valence-corrected chi connectivity index (χ0v) is 11.6. The molecule has 0 radical (unpaired) electrons. The van der Waals surface area contributed by atoms with Gasteiger partial charge in [-0.05, 0) is 30.3 Å². The summed E-state index contributed by atoms with van der Waals surface area (Å²) in [5.74, 6) is -1.36. The van der Waals surface area contributed by atoms with E-state index in [1.165, 1.54) is 18.2 Å². The number of nitrogens with one attached hydrogen (secondary N) is 1. The fraction of sp³-hybridized carbons (Fsp3) is 0.0667. The molecular formula is C15H11ClNO4-. The number of anilines is 1. The van der Waals surface area contributed by atoms with E-state index in [0.29, 0.717) is 5.75 Å². The SMILES string of the molecule is O=C(COc1ccccc1)Nc1ccc(Cl)cc1C(=O)[O-]. The van der Waals surface area contributed by atoms with Gasteiger partial charge in [0.15, 0.2) is 6.61 Å². The molecular weight excluding hydrogens is 294 g/mol. The van der Waals surface area contributed by atoms with Crippen molar-refractivity contribution in [3.63, 3.8) is 0 Å². The van der Waals surface area contributed by atoms with Crippen molar-refractivity contribution >= 4 is 29.2 Å². The number of aromatic carboxylic acids is 1. The van der Waals surface area contributed by atoms with Crippen molar-refractivity contribution in [3.05, 3.63) is 59.1 Å². The number of amides is 1. The van der Waals surface area contributed by atoms with Crippen LogP contribution >= 0.6 is 11.6 Å². The zero-order chi connectivity index (χ0) is 15.2. The summed E-state index contributed by atoms with van der Waals surface area (Å²) < 4.78 is 5.26. The Balaban J connectivity index is 2.01. The van der Waals surface area contributed by atoms with Crippen molar-refractivity contribution in [2.45, 2.75) is 0 Å². The highest BCUT2D eigenvalue weighted by atomic mass is 35.5. The molecule has 0 saturated carbocycles. The highest BCUT2D eigenvalue weighted by Gasteiger charge is 2.09. The number of halogens is 1. The zero-order valence-electron chi connectivity index (χ0n) is 10.8. The first-order chi connectivity index (χ1) is 10.1. The number of hydrogen-bond donors (Lipinski definition) is 1. The monoisotopic (exact) mass is 304 g/mol. The number of rotatable bonds is 5. The van der Waals surface area contributed by atoms with Crippen LogP contribution in [0.2, 0.25) is 5.02 Å². The van der Waals surface area contributed by atoms with Gasteiger partial charge in [0, 0.05) is 10.6 Å². The lowest BCUT2D eigenvalue weighted by Crippen LogP contribution is -2.26. The molecule has 0 bridgehead atoms. The lowest BCUT2D eigenvalue weighted by atomic mass is 10.2. The van der Waals surface area contributed by atoms with Gasteiger partial charge >= 0.3 is 0 Å². The number of para-hydroxylation sites is 1. The van der Waals surface area contributed by atoms with E-state index in [4.69, 9.17) is 16.3 Å². The normalized spacial score (nSPS) is 9.95. The molecule has 21 heavy (non-hydrogen) atoms. The first-order valence-electron chi connectivity index (χ1n) is 6.05. The van der Waals surface area contributed by atoms with Gasteiger partial charge in [0.2, 0.25) is 0 Å². The fourth-order valence-electron chi connectivity index (χ4n) is 1.65. The molecule has 0 aromatic heterocycles. The molecule has 0 aliphatic carbocycles. The van der Waals surface area contributed by atoms with E-state index >= 15 is 0 Å². The maximum atomic E-state index is 11.8. The van der Waals surface area contributed by atoms with Crippen LogP contribution in [0.1, 0.15) is 10.4 Å². The molecule has 2 rings (SSSR count). The topological polar surface area (TPSA) is 78.5 Å². The van der Waals surface area contributed by atoms with Crippen LogP contribution in [-0.2, 0) is 4.79 Å². The van der Waals surface area contributed by atoms with Crippen LogP contribution in [0.4, 0.5) is 5.69 Å². The fourth-order valence-corrected chi connectivity index (χ4v) is 1.82. The lowest BCUT2D eigenvalue weighted by Gasteiger charge is -2.12. The van der Waals surface area contributed by atoms with Crippen molar-refractivity contribution in [3.8, 4) is 5.75 Å². The largest absolute Gasteiger partial charge is 0.545 e. The Morgan fingerprint density at radius 1 is 1.14 bits per heavy atom. The minimum absolute atomic E-state index is 0.112. The molecule has 6 heteroatoms. The van der Waals surface area contributed by atoms with Crippen molar-refractivity contribution in [1.29, 1.82) is 0 Å². The number of benzene rings is 2. The predicted molar refractivity (Wildman–Crippen MR) is 76.3 cm³/mol. The van der Waals surface area contributed by atoms with Gasteiger partial charge in [0.05, 0.1) is 11.7 Å². The third-order valence-electron chi connectivity index (χ3n) is 2.59. The van der Waals surface area contributed by atoms with Crippen LogP contribution < -0.4 is 15.2 Å².